The normalized spacial score (nSPS) is 15.6. The number of alkyl carbamates (subject to hydrolysis) is 1. The van der Waals surface area contributed by atoms with Crippen LogP contribution in [0.15, 0.2) is 0 Å². The second-order valence-corrected chi connectivity index (χ2v) is 7.45. The number of methoxy groups -OCH3 is 1. The predicted octanol–water partition coefficient (Wildman–Crippen LogP) is 3.15. The largest absolute Gasteiger partial charge is 0.444 e. The van der Waals surface area contributed by atoms with Gasteiger partial charge in [-0.15, -0.1) is 0 Å². The van der Waals surface area contributed by atoms with E-state index in [-0.39, 0.29) is 5.60 Å². The first kappa shape index (κ1) is 19.9. The molecule has 5 nitrogen and oxygen atoms in total. The maximum Gasteiger partial charge on any atom is 0.407 e. The van der Waals surface area contributed by atoms with Crippen LogP contribution in [0.4, 0.5) is 4.79 Å². The van der Waals surface area contributed by atoms with Crippen LogP contribution in [0, 0.1) is 0 Å². The summed E-state index contributed by atoms with van der Waals surface area (Å²) in [7, 11) is 1.66. The number of ether oxygens (including phenoxy) is 3. The van der Waals surface area contributed by atoms with E-state index in [4.69, 9.17) is 14.2 Å². The van der Waals surface area contributed by atoms with Gasteiger partial charge in [-0.05, 0) is 41.5 Å². The fourth-order valence-corrected chi connectivity index (χ4v) is 1.61. The lowest BCUT2D eigenvalue weighted by Gasteiger charge is -2.33. The van der Waals surface area contributed by atoms with E-state index in [0.717, 1.165) is 4.43 Å². The Bertz CT molecular complexity index is 315. The second-order valence-electron chi connectivity index (χ2n) is 6.69. The standard InChI is InChI=1S/C14H28INO4/c1-12(2,3)20-11(17)16-9-14(6,8-15)19-10-13(4,5)18-7/h8-10H2,1-7H3,(H,16,17). The Hall–Kier alpha value is -0.0800. The minimum atomic E-state index is -0.496. The van der Waals surface area contributed by atoms with E-state index in [1.54, 1.807) is 7.11 Å². The van der Waals surface area contributed by atoms with Gasteiger partial charge in [-0.3, -0.25) is 0 Å². The van der Waals surface area contributed by atoms with E-state index in [0.29, 0.717) is 13.2 Å². The third-order valence-electron chi connectivity index (χ3n) is 2.61. The summed E-state index contributed by atoms with van der Waals surface area (Å²) < 4.78 is 17.2. The Balaban J connectivity index is 4.35. The fraction of sp³-hybridized carbons (Fsp3) is 0.929. The zero-order valence-corrected chi connectivity index (χ0v) is 15.8. The van der Waals surface area contributed by atoms with Crippen molar-refractivity contribution in [1.82, 2.24) is 5.32 Å². The molecule has 6 heteroatoms. The van der Waals surface area contributed by atoms with Crippen LogP contribution < -0.4 is 5.32 Å². The monoisotopic (exact) mass is 401 g/mol. The molecule has 1 N–H and O–H groups in total. The first-order chi connectivity index (χ1) is 8.93. The summed E-state index contributed by atoms with van der Waals surface area (Å²) in [5, 5.41) is 2.75. The first-order valence-corrected chi connectivity index (χ1v) is 8.17. The van der Waals surface area contributed by atoms with E-state index < -0.39 is 17.3 Å². The maximum atomic E-state index is 11.7. The van der Waals surface area contributed by atoms with Gasteiger partial charge in [0.1, 0.15) is 5.60 Å². The van der Waals surface area contributed by atoms with Gasteiger partial charge in [-0.25, -0.2) is 4.79 Å². The Morgan fingerprint density at radius 1 is 1.15 bits per heavy atom. The van der Waals surface area contributed by atoms with Gasteiger partial charge in [0, 0.05) is 11.5 Å². The van der Waals surface area contributed by atoms with Crippen molar-refractivity contribution in [2.24, 2.45) is 0 Å². The Labute approximate surface area is 136 Å². The van der Waals surface area contributed by atoms with E-state index >= 15 is 0 Å². The number of halogens is 1. The first-order valence-electron chi connectivity index (χ1n) is 6.65. The van der Waals surface area contributed by atoms with Gasteiger partial charge in [-0.1, -0.05) is 22.6 Å². The lowest BCUT2D eigenvalue weighted by atomic mass is 10.1. The molecule has 120 valence electrons. The third-order valence-corrected chi connectivity index (χ3v) is 4.22. The molecule has 0 fully saturated rings. The maximum absolute atomic E-state index is 11.7. The van der Waals surface area contributed by atoms with Crippen molar-refractivity contribution in [2.75, 3.05) is 24.7 Å². The molecule has 0 saturated carbocycles. The van der Waals surface area contributed by atoms with Crippen LogP contribution in [0.3, 0.4) is 0 Å². The number of carbonyl (C=O) groups excluding carboxylic acids is 1. The summed E-state index contributed by atoms with van der Waals surface area (Å²) in [6, 6.07) is 0. The fourth-order valence-electron chi connectivity index (χ4n) is 1.12. The molecule has 0 rings (SSSR count). The van der Waals surface area contributed by atoms with Crippen LogP contribution in [0.2, 0.25) is 0 Å². The van der Waals surface area contributed by atoms with Crippen molar-refractivity contribution in [1.29, 1.82) is 0 Å². The Morgan fingerprint density at radius 3 is 2.10 bits per heavy atom. The number of nitrogens with one attached hydrogen (secondary N) is 1. The highest BCUT2D eigenvalue weighted by Gasteiger charge is 2.29. The van der Waals surface area contributed by atoms with Crippen molar-refractivity contribution in [3.63, 3.8) is 0 Å². The number of carbonyl (C=O) groups is 1. The summed E-state index contributed by atoms with van der Waals surface area (Å²) in [5.41, 5.74) is -1.30. The minimum absolute atomic E-state index is 0.348. The van der Waals surface area contributed by atoms with E-state index in [9.17, 15) is 4.79 Å². The Morgan fingerprint density at radius 2 is 1.70 bits per heavy atom. The highest BCUT2D eigenvalue weighted by Crippen LogP contribution is 2.18. The summed E-state index contributed by atoms with van der Waals surface area (Å²) in [4.78, 5) is 11.7. The predicted molar refractivity (Wildman–Crippen MR) is 88.6 cm³/mol. The van der Waals surface area contributed by atoms with Gasteiger partial charge < -0.3 is 19.5 Å². The van der Waals surface area contributed by atoms with E-state index in [1.165, 1.54) is 0 Å². The molecule has 20 heavy (non-hydrogen) atoms. The summed E-state index contributed by atoms with van der Waals surface area (Å²) in [5.74, 6) is 0. The van der Waals surface area contributed by atoms with Crippen LogP contribution in [-0.2, 0) is 14.2 Å². The summed E-state index contributed by atoms with van der Waals surface area (Å²) in [6.45, 7) is 12.2. The van der Waals surface area contributed by atoms with Gasteiger partial charge >= 0.3 is 6.09 Å². The average Bonchev–Trinajstić information content (AvgIpc) is 2.32. The number of rotatable bonds is 7. The number of hydrogen-bond donors (Lipinski definition) is 1. The highest BCUT2D eigenvalue weighted by atomic mass is 127. The molecule has 0 spiro atoms. The van der Waals surface area contributed by atoms with Gasteiger partial charge in [-0.2, -0.15) is 0 Å². The summed E-state index contributed by atoms with van der Waals surface area (Å²) >= 11 is 2.25. The molecule has 1 amide bonds. The van der Waals surface area contributed by atoms with Crippen LogP contribution in [-0.4, -0.2) is 47.6 Å². The van der Waals surface area contributed by atoms with Crippen molar-refractivity contribution >= 4 is 28.7 Å². The van der Waals surface area contributed by atoms with Crippen LogP contribution in [0.1, 0.15) is 41.5 Å². The van der Waals surface area contributed by atoms with E-state index in [1.807, 2.05) is 41.5 Å². The molecule has 0 aromatic heterocycles. The summed E-state index contributed by atoms with van der Waals surface area (Å²) in [6.07, 6.45) is -0.428. The molecule has 0 saturated heterocycles. The molecule has 0 heterocycles. The average molecular weight is 401 g/mol. The number of amides is 1. The van der Waals surface area contributed by atoms with Crippen LogP contribution >= 0.6 is 22.6 Å². The SMILES string of the molecule is COC(C)(C)COC(C)(CI)CNC(=O)OC(C)(C)C. The molecule has 0 aliphatic heterocycles. The van der Waals surface area contributed by atoms with Crippen molar-refractivity contribution in [2.45, 2.75) is 58.3 Å². The quantitative estimate of drug-likeness (QED) is 0.526. The lowest BCUT2D eigenvalue weighted by molar-refractivity contribution is -0.102. The zero-order valence-electron chi connectivity index (χ0n) is 13.6. The van der Waals surface area contributed by atoms with Gasteiger partial charge in [0.05, 0.1) is 24.4 Å². The van der Waals surface area contributed by atoms with Crippen molar-refractivity contribution < 1.29 is 19.0 Å². The molecule has 0 radical (unpaired) electrons. The zero-order chi connectivity index (χ0) is 16.0. The molecule has 0 aromatic rings. The second kappa shape index (κ2) is 7.79. The lowest BCUT2D eigenvalue weighted by Crippen LogP contribution is -2.47. The van der Waals surface area contributed by atoms with Gasteiger partial charge in [0.2, 0.25) is 0 Å². The molecule has 0 aromatic carbocycles. The van der Waals surface area contributed by atoms with E-state index in [2.05, 4.69) is 27.9 Å². The van der Waals surface area contributed by atoms with Crippen molar-refractivity contribution in [3.05, 3.63) is 0 Å². The van der Waals surface area contributed by atoms with Gasteiger partial charge in [0.25, 0.3) is 0 Å². The molecule has 0 bridgehead atoms. The topological polar surface area (TPSA) is 56.8 Å². The number of hydrogen-bond acceptors (Lipinski definition) is 4. The molecule has 0 aliphatic rings. The van der Waals surface area contributed by atoms with Crippen molar-refractivity contribution in [3.8, 4) is 0 Å². The number of alkyl halides is 1. The van der Waals surface area contributed by atoms with Crippen LogP contribution in [0.5, 0.6) is 0 Å². The van der Waals surface area contributed by atoms with Gasteiger partial charge in [0.15, 0.2) is 0 Å². The molecule has 0 aliphatic carbocycles. The Kier molecular flexibility index (Phi) is 7.76. The molecule has 1 atom stereocenters. The molecular weight excluding hydrogens is 373 g/mol. The highest BCUT2D eigenvalue weighted by molar-refractivity contribution is 14.1. The molecule has 1 unspecified atom stereocenters. The minimum Gasteiger partial charge on any atom is -0.444 e. The molecular formula is C14H28INO4. The smallest absolute Gasteiger partial charge is 0.407 e. The third kappa shape index (κ3) is 8.97. The van der Waals surface area contributed by atoms with Crippen LogP contribution in [0.25, 0.3) is 0 Å².